The van der Waals surface area contributed by atoms with E-state index < -0.39 is 5.97 Å². The summed E-state index contributed by atoms with van der Waals surface area (Å²) in [5, 5.41) is 12.0. The zero-order valence-corrected chi connectivity index (χ0v) is 14.8. The number of pyridine rings is 1. The van der Waals surface area contributed by atoms with E-state index in [0.29, 0.717) is 11.4 Å². The maximum atomic E-state index is 11.5. The van der Waals surface area contributed by atoms with Crippen LogP contribution < -0.4 is 4.74 Å². The molecule has 0 aliphatic heterocycles. The minimum atomic E-state index is -1.06. The summed E-state index contributed by atoms with van der Waals surface area (Å²) in [5.74, 6) is -0.594. The molecule has 0 saturated carbocycles. The van der Waals surface area contributed by atoms with Crippen LogP contribution in [0, 0.1) is 0 Å². The number of carboxylic acid groups (broad SMARTS) is 1. The molecule has 1 aromatic carbocycles. The summed E-state index contributed by atoms with van der Waals surface area (Å²) < 4.78 is 10.6. The van der Waals surface area contributed by atoms with Crippen molar-refractivity contribution in [3.8, 4) is 16.6 Å². The van der Waals surface area contributed by atoms with Gasteiger partial charge in [0, 0.05) is 6.20 Å². The van der Waals surface area contributed by atoms with Crippen LogP contribution in [-0.2, 0) is 16.1 Å². The van der Waals surface area contributed by atoms with Gasteiger partial charge in [0.05, 0.1) is 24.4 Å². The number of hydrogen-bond donors (Lipinski definition) is 1. The fourth-order valence-corrected chi connectivity index (χ4v) is 3.06. The topological polar surface area (TPSA) is 81.5 Å². The lowest BCUT2D eigenvalue weighted by Gasteiger charge is -2.10. The van der Waals surface area contributed by atoms with Crippen LogP contribution in [0.4, 0.5) is 0 Å². The van der Waals surface area contributed by atoms with Crippen LogP contribution in [0.5, 0.6) is 5.88 Å². The van der Waals surface area contributed by atoms with E-state index in [1.54, 1.807) is 23.7 Å². The van der Waals surface area contributed by atoms with Gasteiger partial charge in [0.2, 0.25) is 5.88 Å². The van der Waals surface area contributed by atoms with Gasteiger partial charge in [-0.3, -0.25) is 4.98 Å². The fourth-order valence-electron chi connectivity index (χ4n) is 2.34. The monoisotopic (exact) mass is 368 g/mol. The Balaban J connectivity index is 1.78. The number of aliphatic carboxylic acids is 1. The number of benzene rings is 1. The normalized spacial score (nSPS) is 11.2. The van der Waals surface area contributed by atoms with Gasteiger partial charge in [-0.15, -0.1) is 11.3 Å². The first-order valence-electron chi connectivity index (χ1n) is 7.73. The summed E-state index contributed by atoms with van der Waals surface area (Å²) in [6, 6.07) is 12.8. The molecule has 0 fully saturated rings. The minimum Gasteiger partial charge on any atom is -0.503 e. The molecule has 0 unspecified atom stereocenters. The van der Waals surface area contributed by atoms with Crippen LogP contribution in [-0.4, -0.2) is 28.2 Å². The van der Waals surface area contributed by atoms with Crippen molar-refractivity contribution in [2.24, 2.45) is 0 Å². The van der Waals surface area contributed by atoms with Gasteiger partial charge in [-0.1, -0.05) is 30.3 Å². The molecule has 132 valence electrons. The lowest BCUT2D eigenvalue weighted by Crippen LogP contribution is -2.06. The summed E-state index contributed by atoms with van der Waals surface area (Å²) in [6.45, 7) is 0.190. The second-order valence-corrected chi connectivity index (χ2v) is 6.08. The highest BCUT2D eigenvalue weighted by molar-refractivity contribution is 7.13. The lowest BCUT2D eigenvalue weighted by atomic mass is 10.0. The van der Waals surface area contributed by atoms with Crippen molar-refractivity contribution in [3.63, 3.8) is 0 Å². The van der Waals surface area contributed by atoms with E-state index in [-0.39, 0.29) is 12.2 Å². The second-order valence-electron chi connectivity index (χ2n) is 5.22. The average Bonchev–Trinajstić information content (AvgIpc) is 3.14. The Hall–Kier alpha value is -3.19. The number of aromatic nitrogens is 2. The van der Waals surface area contributed by atoms with E-state index in [2.05, 4.69) is 9.97 Å². The Kier molecular flexibility index (Phi) is 5.60. The molecule has 0 aliphatic carbocycles. The van der Waals surface area contributed by atoms with Crippen LogP contribution in [0.1, 0.15) is 11.1 Å². The molecule has 3 aromatic rings. The van der Waals surface area contributed by atoms with E-state index in [4.69, 9.17) is 9.47 Å². The van der Waals surface area contributed by atoms with Gasteiger partial charge in [-0.2, -0.15) is 0 Å². The first kappa shape index (κ1) is 17.6. The smallest absolute Gasteiger partial charge is 0.339 e. The molecule has 0 radical (unpaired) electrons. The van der Waals surface area contributed by atoms with Crippen molar-refractivity contribution in [1.82, 2.24) is 9.97 Å². The van der Waals surface area contributed by atoms with Crippen LogP contribution >= 0.6 is 11.3 Å². The van der Waals surface area contributed by atoms with Crippen molar-refractivity contribution < 1.29 is 19.4 Å². The third-order valence-electron chi connectivity index (χ3n) is 3.52. The summed E-state index contributed by atoms with van der Waals surface area (Å²) in [4.78, 5) is 20.2. The molecule has 6 nitrogen and oxygen atoms in total. The molecule has 0 aliphatic rings. The fraction of sp³-hybridized carbons (Fsp3) is 0.105. The molecule has 2 aromatic heterocycles. The highest BCUT2D eigenvalue weighted by Crippen LogP contribution is 2.27. The Bertz CT molecular complexity index is 922. The molecule has 0 spiro atoms. The zero-order chi connectivity index (χ0) is 18.4. The maximum Gasteiger partial charge on any atom is 0.339 e. The minimum absolute atomic E-state index is 0.0687. The molecule has 0 bridgehead atoms. The van der Waals surface area contributed by atoms with Crippen LogP contribution in [0.2, 0.25) is 0 Å². The van der Waals surface area contributed by atoms with Crippen molar-refractivity contribution >= 4 is 22.9 Å². The summed E-state index contributed by atoms with van der Waals surface area (Å²) in [6.07, 6.45) is 2.92. The SMILES string of the molecule is COC=C(C(=O)O)c1ccccc1COc1csc(-c2ccccn2)n1. The number of carboxylic acids is 1. The lowest BCUT2D eigenvalue weighted by molar-refractivity contribution is -0.130. The van der Waals surface area contributed by atoms with Gasteiger partial charge >= 0.3 is 5.97 Å². The molecule has 3 rings (SSSR count). The third kappa shape index (κ3) is 4.07. The van der Waals surface area contributed by atoms with E-state index in [1.807, 2.05) is 30.3 Å². The average molecular weight is 368 g/mol. The molecule has 0 amide bonds. The largest absolute Gasteiger partial charge is 0.503 e. The first-order chi connectivity index (χ1) is 12.7. The zero-order valence-electron chi connectivity index (χ0n) is 14.0. The number of hydrogen-bond acceptors (Lipinski definition) is 6. The molecular formula is C19H16N2O4S. The number of rotatable bonds is 7. The predicted molar refractivity (Wildman–Crippen MR) is 98.7 cm³/mol. The summed E-state index contributed by atoms with van der Waals surface area (Å²) in [7, 11) is 1.41. The Morgan fingerprint density at radius 1 is 1.23 bits per heavy atom. The van der Waals surface area contributed by atoms with Gasteiger partial charge < -0.3 is 14.6 Å². The highest BCUT2D eigenvalue weighted by atomic mass is 32.1. The summed E-state index contributed by atoms with van der Waals surface area (Å²) in [5.41, 5.74) is 2.12. The second kappa shape index (κ2) is 8.26. The number of carbonyl (C=O) groups is 1. The molecule has 0 saturated heterocycles. The Morgan fingerprint density at radius 2 is 2.04 bits per heavy atom. The Labute approximate surface area is 154 Å². The van der Waals surface area contributed by atoms with E-state index >= 15 is 0 Å². The number of ether oxygens (including phenoxy) is 2. The van der Waals surface area contributed by atoms with Crippen LogP contribution in [0.3, 0.4) is 0 Å². The van der Waals surface area contributed by atoms with Crippen molar-refractivity contribution in [2.45, 2.75) is 6.61 Å². The predicted octanol–water partition coefficient (Wildman–Crippen LogP) is 3.86. The Morgan fingerprint density at radius 3 is 2.77 bits per heavy atom. The quantitative estimate of drug-likeness (QED) is 0.504. The molecule has 7 heteroatoms. The van der Waals surface area contributed by atoms with Crippen molar-refractivity contribution in [3.05, 3.63) is 71.4 Å². The van der Waals surface area contributed by atoms with Crippen LogP contribution in [0.15, 0.2) is 60.3 Å². The van der Waals surface area contributed by atoms with E-state index in [0.717, 1.165) is 16.3 Å². The third-order valence-corrected chi connectivity index (χ3v) is 4.36. The van der Waals surface area contributed by atoms with E-state index in [1.165, 1.54) is 24.7 Å². The van der Waals surface area contributed by atoms with Gasteiger partial charge in [0.1, 0.15) is 17.2 Å². The number of nitrogens with zero attached hydrogens (tertiary/aromatic N) is 2. The molecule has 26 heavy (non-hydrogen) atoms. The van der Waals surface area contributed by atoms with Crippen molar-refractivity contribution in [2.75, 3.05) is 7.11 Å². The molecular weight excluding hydrogens is 352 g/mol. The maximum absolute atomic E-state index is 11.5. The standard InChI is InChI=1S/C19H16N2O4S/c1-24-11-15(19(22)23)14-7-3-2-6-13(14)10-25-17-12-26-18(21-17)16-8-4-5-9-20-16/h2-9,11-12H,10H2,1H3,(H,22,23). The molecule has 0 atom stereocenters. The summed E-state index contributed by atoms with van der Waals surface area (Å²) >= 11 is 1.44. The van der Waals surface area contributed by atoms with Gasteiger partial charge in [-0.25, -0.2) is 9.78 Å². The van der Waals surface area contributed by atoms with Gasteiger partial charge in [0.25, 0.3) is 0 Å². The van der Waals surface area contributed by atoms with Gasteiger partial charge in [-0.05, 0) is 23.3 Å². The highest BCUT2D eigenvalue weighted by Gasteiger charge is 2.15. The first-order valence-corrected chi connectivity index (χ1v) is 8.61. The number of methoxy groups -OCH3 is 1. The number of thiazole rings is 1. The molecule has 2 heterocycles. The molecule has 1 N–H and O–H groups in total. The van der Waals surface area contributed by atoms with Crippen LogP contribution in [0.25, 0.3) is 16.3 Å². The van der Waals surface area contributed by atoms with Gasteiger partial charge in [0.15, 0.2) is 0 Å². The van der Waals surface area contributed by atoms with Crippen molar-refractivity contribution in [1.29, 1.82) is 0 Å². The van der Waals surface area contributed by atoms with E-state index in [9.17, 15) is 9.90 Å².